The number of nitrogens with two attached hydrogens (primary N) is 1. The van der Waals surface area contributed by atoms with Crippen molar-refractivity contribution in [3.05, 3.63) is 39.4 Å². The van der Waals surface area contributed by atoms with Crippen LogP contribution in [0.2, 0.25) is 0 Å². The predicted octanol–water partition coefficient (Wildman–Crippen LogP) is 0.618. The maximum Gasteiger partial charge on any atom is 0.282 e. The van der Waals surface area contributed by atoms with Crippen LogP contribution in [0.5, 0.6) is 0 Å². The molecule has 0 aromatic heterocycles. The first-order chi connectivity index (χ1) is 9.95. The molecule has 1 amide bonds. The van der Waals surface area contributed by atoms with Crippen molar-refractivity contribution in [1.29, 1.82) is 0 Å². The van der Waals surface area contributed by atoms with Gasteiger partial charge in [-0.15, -0.1) is 0 Å². The van der Waals surface area contributed by atoms with Gasteiger partial charge in [-0.2, -0.15) is 0 Å². The quantitative estimate of drug-likeness (QED) is 0.651. The van der Waals surface area contributed by atoms with Gasteiger partial charge >= 0.3 is 0 Å². The van der Waals surface area contributed by atoms with Crippen LogP contribution < -0.4 is 5.73 Å². The van der Waals surface area contributed by atoms with Crippen LogP contribution in [0.25, 0.3) is 0 Å². The Balaban J connectivity index is 2.38. The second-order valence-corrected chi connectivity index (χ2v) is 5.38. The number of amides is 1. The predicted molar refractivity (Wildman–Crippen MR) is 79.2 cm³/mol. The number of likely N-dealkylation sites (N-methyl/N-ethyl adjacent to an activating group) is 1. The van der Waals surface area contributed by atoms with E-state index in [0.29, 0.717) is 25.2 Å². The van der Waals surface area contributed by atoms with E-state index in [-0.39, 0.29) is 23.2 Å². The second-order valence-electron chi connectivity index (χ2n) is 5.38. The van der Waals surface area contributed by atoms with E-state index in [9.17, 15) is 14.9 Å². The number of rotatable bonds is 3. The van der Waals surface area contributed by atoms with Gasteiger partial charge in [0, 0.05) is 32.2 Å². The molecule has 0 saturated carbocycles. The largest absolute Gasteiger partial charge is 0.332 e. The van der Waals surface area contributed by atoms with Gasteiger partial charge in [0.25, 0.3) is 11.6 Å². The van der Waals surface area contributed by atoms with Crippen molar-refractivity contribution in [3.8, 4) is 0 Å². The van der Waals surface area contributed by atoms with E-state index in [1.54, 1.807) is 24.0 Å². The molecule has 7 heteroatoms. The highest BCUT2D eigenvalue weighted by Gasteiger charge is 2.33. The smallest absolute Gasteiger partial charge is 0.282 e. The second kappa shape index (κ2) is 6.19. The first kappa shape index (κ1) is 15.4. The molecular formula is C14H20N4O3. The fraction of sp³-hybridized carbons (Fsp3) is 0.500. The molecule has 1 fully saturated rings. The summed E-state index contributed by atoms with van der Waals surface area (Å²) in [7, 11) is 1.97. The molecule has 7 nitrogen and oxygen atoms in total. The molecule has 2 N–H and O–H groups in total. The summed E-state index contributed by atoms with van der Waals surface area (Å²) in [6.07, 6.45) is 0. The molecule has 1 aliphatic heterocycles. The van der Waals surface area contributed by atoms with Gasteiger partial charge < -0.3 is 15.5 Å². The van der Waals surface area contributed by atoms with E-state index in [1.807, 2.05) is 7.05 Å². The van der Waals surface area contributed by atoms with E-state index in [4.69, 9.17) is 5.73 Å². The third-order valence-corrected chi connectivity index (χ3v) is 3.88. The molecule has 0 aliphatic carbocycles. The van der Waals surface area contributed by atoms with Crippen LogP contribution in [0.4, 0.5) is 5.69 Å². The molecule has 1 aromatic rings. The molecule has 1 saturated heterocycles. The number of carbonyl (C=O) groups is 1. The minimum Gasteiger partial charge on any atom is -0.332 e. The van der Waals surface area contributed by atoms with Gasteiger partial charge in [0.1, 0.15) is 5.56 Å². The van der Waals surface area contributed by atoms with Crippen LogP contribution in [0, 0.1) is 17.0 Å². The van der Waals surface area contributed by atoms with E-state index < -0.39 is 4.92 Å². The highest BCUT2D eigenvalue weighted by atomic mass is 16.6. The number of nitrogens with zero attached hydrogens (tertiary/aromatic N) is 3. The standard InChI is InChI=1S/C14H20N4O3/c1-10-4-3-5-12(18(20)21)13(10)14(19)17-7-6-16(2)9-11(17)8-15/h3-5,11H,6-9,15H2,1-2H3. The first-order valence-corrected chi connectivity index (χ1v) is 6.89. The fourth-order valence-corrected chi connectivity index (χ4v) is 2.71. The maximum atomic E-state index is 12.8. The van der Waals surface area contributed by atoms with Gasteiger partial charge in [-0.25, -0.2) is 0 Å². The molecule has 1 aliphatic rings. The van der Waals surface area contributed by atoms with Gasteiger partial charge in [-0.05, 0) is 19.5 Å². The molecule has 1 aromatic carbocycles. The number of piperazine rings is 1. The van der Waals surface area contributed by atoms with Crippen LogP contribution >= 0.6 is 0 Å². The SMILES string of the molecule is Cc1cccc([N+](=O)[O-])c1C(=O)N1CCN(C)CC1CN. The zero-order valence-electron chi connectivity index (χ0n) is 12.3. The van der Waals surface area contributed by atoms with Crippen molar-refractivity contribution in [3.63, 3.8) is 0 Å². The van der Waals surface area contributed by atoms with Crippen LogP contribution in [-0.2, 0) is 0 Å². The molecule has 21 heavy (non-hydrogen) atoms. The lowest BCUT2D eigenvalue weighted by Gasteiger charge is -2.39. The molecule has 0 spiro atoms. The molecule has 2 rings (SSSR count). The topological polar surface area (TPSA) is 92.7 Å². The van der Waals surface area contributed by atoms with Gasteiger partial charge in [-0.1, -0.05) is 12.1 Å². The van der Waals surface area contributed by atoms with E-state index >= 15 is 0 Å². The van der Waals surface area contributed by atoms with Crippen molar-refractivity contribution in [2.45, 2.75) is 13.0 Å². The van der Waals surface area contributed by atoms with Crippen molar-refractivity contribution in [2.24, 2.45) is 5.73 Å². The lowest BCUT2D eigenvalue weighted by Crippen LogP contribution is -2.56. The summed E-state index contributed by atoms with van der Waals surface area (Å²) in [4.78, 5) is 27.2. The summed E-state index contributed by atoms with van der Waals surface area (Å²) >= 11 is 0. The number of nitro groups is 1. The van der Waals surface area contributed by atoms with Crippen LogP contribution in [0.1, 0.15) is 15.9 Å². The highest BCUT2D eigenvalue weighted by Crippen LogP contribution is 2.25. The zero-order valence-corrected chi connectivity index (χ0v) is 12.3. The summed E-state index contributed by atoms with van der Waals surface area (Å²) in [5, 5.41) is 11.2. The minimum absolute atomic E-state index is 0.115. The fourth-order valence-electron chi connectivity index (χ4n) is 2.71. The van der Waals surface area contributed by atoms with Gasteiger partial charge in [0.05, 0.1) is 11.0 Å². The molecule has 1 atom stereocenters. The summed E-state index contributed by atoms with van der Waals surface area (Å²) in [6, 6.07) is 4.56. The van der Waals surface area contributed by atoms with Crippen LogP contribution in [-0.4, -0.2) is 59.9 Å². The molecule has 1 unspecified atom stereocenters. The van der Waals surface area contributed by atoms with E-state index in [1.165, 1.54) is 6.07 Å². The summed E-state index contributed by atoms with van der Waals surface area (Å²) < 4.78 is 0. The number of hydrogen-bond acceptors (Lipinski definition) is 5. The highest BCUT2D eigenvalue weighted by molar-refractivity contribution is 5.99. The molecule has 114 valence electrons. The third kappa shape index (κ3) is 3.03. The maximum absolute atomic E-state index is 12.8. The number of hydrogen-bond donors (Lipinski definition) is 1. The minimum atomic E-state index is -0.506. The van der Waals surface area contributed by atoms with Crippen molar-refractivity contribution in [2.75, 3.05) is 33.2 Å². The van der Waals surface area contributed by atoms with Crippen LogP contribution in [0.15, 0.2) is 18.2 Å². The van der Waals surface area contributed by atoms with E-state index in [2.05, 4.69) is 4.90 Å². The van der Waals surface area contributed by atoms with Crippen LogP contribution in [0.3, 0.4) is 0 Å². The summed E-state index contributed by atoms with van der Waals surface area (Å²) in [5.74, 6) is -0.302. The Bertz CT molecular complexity index is 561. The average Bonchev–Trinajstić information content (AvgIpc) is 2.46. The number of benzene rings is 1. The Labute approximate surface area is 123 Å². The number of nitro benzene ring substituents is 1. The Kier molecular flexibility index (Phi) is 4.54. The van der Waals surface area contributed by atoms with E-state index in [0.717, 1.165) is 6.54 Å². The Morgan fingerprint density at radius 3 is 2.81 bits per heavy atom. The third-order valence-electron chi connectivity index (χ3n) is 3.88. The monoisotopic (exact) mass is 292 g/mol. The number of carbonyl (C=O) groups excluding carboxylic acids is 1. The normalized spacial score (nSPS) is 19.6. The van der Waals surface area contributed by atoms with Gasteiger partial charge in [0.15, 0.2) is 0 Å². The lowest BCUT2D eigenvalue weighted by molar-refractivity contribution is -0.385. The molecular weight excluding hydrogens is 272 g/mol. The molecule has 1 heterocycles. The van der Waals surface area contributed by atoms with Crippen molar-refractivity contribution < 1.29 is 9.72 Å². The molecule has 0 radical (unpaired) electrons. The Hall–Kier alpha value is -1.99. The van der Waals surface area contributed by atoms with Crippen molar-refractivity contribution >= 4 is 11.6 Å². The zero-order chi connectivity index (χ0) is 15.6. The lowest BCUT2D eigenvalue weighted by atomic mass is 10.0. The first-order valence-electron chi connectivity index (χ1n) is 6.89. The van der Waals surface area contributed by atoms with Gasteiger partial charge in [-0.3, -0.25) is 14.9 Å². The summed E-state index contributed by atoms with van der Waals surface area (Å²) in [6.45, 7) is 4.01. The summed E-state index contributed by atoms with van der Waals surface area (Å²) in [5.41, 5.74) is 6.40. The van der Waals surface area contributed by atoms with Crippen molar-refractivity contribution in [1.82, 2.24) is 9.80 Å². The molecule has 0 bridgehead atoms. The Morgan fingerprint density at radius 2 is 2.19 bits per heavy atom. The number of aryl methyl sites for hydroxylation is 1. The average molecular weight is 292 g/mol. The van der Waals surface area contributed by atoms with Gasteiger partial charge in [0.2, 0.25) is 0 Å². The Morgan fingerprint density at radius 1 is 1.48 bits per heavy atom.